The molecule has 3 rings (SSSR count). The Morgan fingerprint density at radius 3 is 2.67 bits per heavy atom. The molecule has 0 amide bonds. The Bertz CT molecular complexity index is 1150. The maximum absolute atomic E-state index is 14.0. The van der Waals surface area contributed by atoms with E-state index in [4.69, 9.17) is 10.00 Å². The molecule has 0 aliphatic heterocycles. The topological polar surface area (TPSA) is 95.0 Å². The number of nitrogens with one attached hydrogen (secondary N) is 2. The number of sulfonamides is 1. The summed E-state index contributed by atoms with van der Waals surface area (Å²) in [6.45, 7) is 1.87. The van der Waals surface area contributed by atoms with Gasteiger partial charge in [0.1, 0.15) is 16.5 Å². The fraction of sp³-hybridized carbons (Fsp3) is 0.105. The van der Waals surface area contributed by atoms with Crippen LogP contribution in [0.1, 0.15) is 11.1 Å². The minimum Gasteiger partial charge on any atom is -0.496 e. The number of halogens is 1. The summed E-state index contributed by atoms with van der Waals surface area (Å²) in [5.41, 5.74) is 2.12. The molecule has 0 spiro atoms. The van der Waals surface area contributed by atoms with Crippen LogP contribution in [0.4, 0.5) is 10.1 Å². The summed E-state index contributed by atoms with van der Waals surface area (Å²) in [4.78, 5) is 2.89. The lowest BCUT2D eigenvalue weighted by Crippen LogP contribution is -2.13. The quantitative estimate of drug-likeness (QED) is 0.698. The standard InChI is InChI=1S/C19H16FN3O3S/c1-12-15(4-3-5-19(12)26-2)18-9-14(11-22-18)27(24,25)23-17-7-6-13(10-21)8-16(17)20/h3-9,11,22-23H,1-2H3. The van der Waals surface area contributed by atoms with Gasteiger partial charge in [-0.1, -0.05) is 12.1 Å². The molecule has 138 valence electrons. The van der Waals surface area contributed by atoms with Gasteiger partial charge in [0.15, 0.2) is 0 Å². The number of anilines is 1. The lowest BCUT2D eigenvalue weighted by atomic mass is 10.1. The predicted molar refractivity (Wildman–Crippen MR) is 99.4 cm³/mol. The van der Waals surface area contributed by atoms with Gasteiger partial charge >= 0.3 is 0 Å². The Hall–Kier alpha value is -3.31. The zero-order chi connectivity index (χ0) is 19.6. The maximum atomic E-state index is 14.0. The second-order valence-electron chi connectivity index (χ2n) is 5.79. The van der Waals surface area contributed by atoms with Crippen molar-refractivity contribution in [1.82, 2.24) is 4.98 Å². The van der Waals surface area contributed by atoms with Gasteiger partial charge < -0.3 is 9.72 Å². The molecule has 0 fully saturated rings. The summed E-state index contributed by atoms with van der Waals surface area (Å²) in [6, 6.07) is 12.2. The normalized spacial score (nSPS) is 11.0. The van der Waals surface area contributed by atoms with Crippen LogP contribution in [0.25, 0.3) is 11.3 Å². The number of aromatic amines is 1. The third-order valence-corrected chi connectivity index (χ3v) is 5.45. The van der Waals surface area contributed by atoms with Crippen molar-refractivity contribution in [2.24, 2.45) is 0 Å². The summed E-state index contributed by atoms with van der Waals surface area (Å²) in [7, 11) is -2.44. The minimum atomic E-state index is -4.01. The zero-order valence-electron chi connectivity index (χ0n) is 14.6. The molecule has 0 atom stereocenters. The van der Waals surface area contributed by atoms with E-state index in [1.54, 1.807) is 19.2 Å². The van der Waals surface area contributed by atoms with Crippen molar-refractivity contribution in [3.63, 3.8) is 0 Å². The summed E-state index contributed by atoms with van der Waals surface area (Å²) in [5.74, 6) is -0.138. The van der Waals surface area contributed by atoms with Crippen molar-refractivity contribution < 1.29 is 17.5 Å². The van der Waals surface area contributed by atoms with Crippen molar-refractivity contribution in [2.75, 3.05) is 11.8 Å². The first kappa shape index (κ1) is 18.5. The highest BCUT2D eigenvalue weighted by molar-refractivity contribution is 7.92. The van der Waals surface area contributed by atoms with E-state index < -0.39 is 15.8 Å². The number of benzene rings is 2. The van der Waals surface area contributed by atoms with Gasteiger partial charge in [0.25, 0.3) is 10.0 Å². The van der Waals surface area contributed by atoms with Gasteiger partial charge in [-0.15, -0.1) is 0 Å². The second kappa shape index (κ2) is 7.13. The Labute approximate surface area is 156 Å². The van der Waals surface area contributed by atoms with E-state index in [2.05, 4.69) is 9.71 Å². The van der Waals surface area contributed by atoms with Crippen LogP contribution < -0.4 is 9.46 Å². The highest BCUT2D eigenvalue weighted by Gasteiger charge is 2.19. The van der Waals surface area contributed by atoms with Gasteiger partial charge in [0.2, 0.25) is 0 Å². The van der Waals surface area contributed by atoms with E-state index in [1.165, 1.54) is 24.4 Å². The number of rotatable bonds is 5. The zero-order valence-corrected chi connectivity index (χ0v) is 15.4. The van der Waals surface area contributed by atoms with Gasteiger partial charge in [0.05, 0.1) is 24.4 Å². The Kier molecular flexibility index (Phi) is 4.88. The molecule has 3 aromatic rings. The summed E-state index contributed by atoms with van der Waals surface area (Å²) >= 11 is 0. The number of hydrogen-bond acceptors (Lipinski definition) is 4. The number of H-pyrrole nitrogens is 1. The molecule has 1 heterocycles. The SMILES string of the molecule is COc1cccc(-c2cc(S(=O)(=O)Nc3ccc(C#N)cc3F)c[nH]2)c1C. The molecule has 0 saturated heterocycles. The summed E-state index contributed by atoms with van der Waals surface area (Å²) in [5, 5.41) is 8.77. The maximum Gasteiger partial charge on any atom is 0.263 e. The molecular formula is C19H16FN3O3S. The molecular weight excluding hydrogens is 369 g/mol. The fourth-order valence-corrected chi connectivity index (χ4v) is 3.74. The minimum absolute atomic E-state index is 0.0384. The van der Waals surface area contributed by atoms with Crippen molar-refractivity contribution >= 4 is 15.7 Å². The van der Waals surface area contributed by atoms with Crippen molar-refractivity contribution in [2.45, 2.75) is 11.8 Å². The van der Waals surface area contributed by atoms with Crippen LogP contribution >= 0.6 is 0 Å². The molecule has 0 aliphatic rings. The number of aromatic nitrogens is 1. The van der Waals surface area contributed by atoms with E-state index in [1.807, 2.05) is 19.1 Å². The van der Waals surface area contributed by atoms with Gasteiger partial charge in [-0.2, -0.15) is 5.26 Å². The van der Waals surface area contributed by atoms with Gasteiger partial charge in [-0.3, -0.25) is 4.72 Å². The van der Waals surface area contributed by atoms with E-state index >= 15 is 0 Å². The number of methoxy groups -OCH3 is 1. The van der Waals surface area contributed by atoms with E-state index in [0.29, 0.717) is 11.4 Å². The molecule has 2 aromatic carbocycles. The van der Waals surface area contributed by atoms with Gasteiger partial charge in [-0.05, 0) is 37.3 Å². The first-order valence-corrected chi connectivity index (χ1v) is 9.39. The van der Waals surface area contributed by atoms with Crippen LogP contribution in [0.5, 0.6) is 5.75 Å². The third kappa shape index (κ3) is 3.64. The fourth-order valence-electron chi connectivity index (χ4n) is 2.68. The second-order valence-corrected chi connectivity index (χ2v) is 7.48. The van der Waals surface area contributed by atoms with Gasteiger partial charge in [-0.25, -0.2) is 12.8 Å². The molecule has 0 saturated carbocycles. The van der Waals surface area contributed by atoms with E-state index in [0.717, 1.165) is 17.2 Å². The molecule has 0 bridgehead atoms. The van der Waals surface area contributed by atoms with Crippen molar-refractivity contribution in [3.8, 4) is 23.1 Å². The lowest BCUT2D eigenvalue weighted by molar-refractivity contribution is 0.412. The molecule has 6 nitrogen and oxygen atoms in total. The molecule has 0 aliphatic carbocycles. The lowest BCUT2D eigenvalue weighted by Gasteiger charge is -2.09. The average molecular weight is 385 g/mol. The molecule has 8 heteroatoms. The third-order valence-electron chi connectivity index (χ3n) is 4.10. The first-order chi connectivity index (χ1) is 12.9. The van der Waals surface area contributed by atoms with Crippen LogP contribution in [-0.4, -0.2) is 20.5 Å². The van der Waals surface area contributed by atoms with Crippen LogP contribution in [0.15, 0.2) is 53.6 Å². The van der Waals surface area contributed by atoms with E-state index in [-0.39, 0.29) is 16.1 Å². The van der Waals surface area contributed by atoms with Crippen LogP contribution in [0, 0.1) is 24.1 Å². The van der Waals surface area contributed by atoms with Crippen LogP contribution in [0.2, 0.25) is 0 Å². The van der Waals surface area contributed by atoms with E-state index in [9.17, 15) is 12.8 Å². The number of ether oxygens (including phenoxy) is 1. The Morgan fingerprint density at radius 2 is 2.00 bits per heavy atom. The number of nitrogens with zero attached hydrogens (tertiary/aromatic N) is 1. The predicted octanol–water partition coefficient (Wildman–Crippen LogP) is 3.81. The highest BCUT2D eigenvalue weighted by Crippen LogP contribution is 2.30. The molecule has 0 radical (unpaired) electrons. The Balaban J connectivity index is 1.93. The first-order valence-electron chi connectivity index (χ1n) is 7.90. The molecule has 27 heavy (non-hydrogen) atoms. The highest BCUT2D eigenvalue weighted by atomic mass is 32.2. The summed E-state index contributed by atoms with van der Waals surface area (Å²) < 4.78 is 46.6. The number of hydrogen-bond donors (Lipinski definition) is 2. The Morgan fingerprint density at radius 1 is 1.22 bits per heavy atom. The average Bonchev–Trinajstić information content (AvgIpc) is 3.14. The summed E-state index contributed by atoms with van der Waals surface area (Å²) in [6.07, 6.45) is 1.33. The number of nitriles is 1. The van der Waals surface area contributed by atoms with Crippen molar-refractivity contribution in [3.05, 3.63) is 65.6 Å². The smallest absolute Gasteiger partial charge is 0.263 e. The monoisotopic (exact) mass is 385 g/mol. The van der Waals surface area contributed by atoms with Gasteiger partial charge in [0, 0.05) is 23.0 Å². The van der Waals surface area contributed by atoms with Crippen LogP contribution in [-0.2, 0) is 10.0 Å². The molecule has 2 N–H and O–H groups in total. The molecule has 0 unspecified atom stereocenters. The molecule has 1 aromatic heterocycles. The van der Waals surface area contributed by atoms with Crippen molar-refractivity contribution in [1.29, 1.82) is 5.26 Å². The van der Waals surface area contributed by atoms with Crippen LogP contribution in [0.3, 0.4) is 0 Å². The largest absolute Gasteiger partial charge is 0.496 e.